The summed E-state index contributed by atoms with van der Waals surface area (Å²) in [5, 5.41) is 0. The van der Waals surface area contributed by atoms with Gasteiger partial charge < -0.3 is 0 Å². The first-order valence-electron chi connectivity index (χ1n) is 12.6. The Morgan fingerprint density at radius 3 is 1.30 bits per heavy atom. The van der Waals surface area contributed by atoms with E-state index in [1.54, 1.807) is 12.2 Å². The van der Waals surface area contributed by atoms with Crippen LogP contribution in [0.3, 0.4) is 0 Å². The molecule has 8 aliphatic carbocycles. The minimum absolute atomic E-state index is 0.447. The van der Waals surface area contributed by atoms with Gasteiger partial charge in [0.25, 0.3) is 0 Å². The van der Waals surface area contributed by atoms with Gasteiger partial charge in [-0.3, -0.25) is 0 Å². The number of nitrogens with zero attached hydrogens (tertiary/aromatic N) is 2. The zero-order valence-electron chi connectivity index (χ0n) is 18.3. The Bertz CT molecular complexity index is 725. The number of isocyanates is 2. The number of hydrogen-bond acceptors (Lipinski definition) is 4. The lowest BCUT2D eigenvalue weighted by Crippen LogP contribution is -2.64. The summed E-state index contributed by atoms with van der Waals surface area (Å²) >= 11 is 0. The third-order valence-electron chi connectivity index (χ3n) is 11.1. The molecule has 30 heavy (non-hydrogen) atoms. The summed E-state index contributed by atoms with van der Waals surface area (Å²) in [6.07, 6.45) is 23.0. The van der Waals surface area contributed by atoms with Crippen molar-refractivity contribution in [3.8, 4) is 0 Å². The molecule has 0 spiro atoms. The molecule has 4 heteroatoms. The van der Waals surface area contributed by atoms with Crippen molar-refractivity contribution in [1.82, 2.24) is 0 Å². The minimum Gasteiger partial charge on any atom is -0.211 e. The highest BCUT2D eigenvalue weighted by atomic mass is 16.1. The van der Waals surface area contributed by atoms with Gasteiger partial charge in [0.05, 0.1) is 13.1 Å². The Morgan fingerprint density at radius 1 is 0.600 bits per heavy atom. The second-order valence-corrected chi connectivity index (χ2v) is 12.9. The van der Waals surface area contributed by atoms with Gasteiger partial charge in [0.1, 0.15) is 0 Å². The normalized spacial score (nSPS) is 52.1. The van der Waals surface area contributed by atoms with Gasteiger partial charge in [0.15, 0.2) is 0 Å². The SMILES string of the molecule is O=C=NCCC12CC3CC(C1)CC(C14CC5CC(CC(CCN=C=O)(C5)C1)C4)(C3)C2. The lowest BCUT2D eigenvalue weighted by Gasteiger charge is -2.74. The molecule has 0 N–H and O–H groups in total. The van der Waals surface area contributed by atoms with E-state index in [4.69, 9.17) is 0 Å². The Balaban J connectivity index is 1.34. The van der Waals surface area contributed by atoms with Crippen molar-refractivity contribution in [2.75, 3.05) is 13.1 Å². The molecule has 8 saturated carbocycles. The maximum atomic E-state index is 10.7. The first-order chi connectivity index (χ1) is 14.5. The molecule has 8 fully saturated rings. The molecule has 8 bridgehead atoms. The van der Waals surface area contributed by atoms with Gasteiger partial charge in [-0.2, -0.15) is 0 Å². The van der Waals surface area contributed by atoms with Gasteiger partial charge in [0, 0.05) is 0 Å². The second kappa shape index (κ2) is 6.63. The Labute approximate surface area is 180 Å². The van der Waals surface area contributed by atoms with Gasteiger partial charge in [-0.05, 0) is 135 Å². The van der Waals surface area contributed by atoms with Crippen molar-refractivity contribution >= 4 is 12.2 Å². The lowest BCUT2D eigenvalue weighted by molar-refractivity contribution is -0.239. The molecule has 0 saturated heterocycles. The number of aliphatic imine (C=N–C) groups is 2. The van der Waals surface area contributed by atoms with E-state index < -0.39 is 0 Å². The molecule has 0 aromatic heterocycles. The third-order valence-corrected chi connectivity index (χ3v) is 11.1. The van der Waals surface area contributed by atoms with Crippen molar-refractivity contribution < 1.29 is 9.59 Å². The predicted octanol–water partition coefficient (Wildman–Crippen LogP) is 5.61. The maximum Gasteiger partial charge on any atom is 0.234 e. The first kappa shape index (κ1) is 19.4. The van der Waals surface area contributed by atoms with Gasteiger partial charge in [-0.15, -0.1) is 0 Å². The fourth-order valence-corrected chi connectivity index (χ4v) is 11.4. The highest BCUT2D eigenvalue weighted by Crippen LogP contribution is 2.79. The summed E-state index contributed by atoms with van der Waals surface area (Å²) in [5.74, 6) is 3.65. The Morgan fingerprint density at radius 2 is 0.967 bits per heavy atom. The largest absolute Gasteiger partial charge is 0.234 e. The summed E-state index contributed by atoms with van der Waals surface area (Å²) in [5.41, 5.74) is 1.98. The molecule has 0 radical (unpaired) electrons. The Kier molecular flexibility index (Phi) is 4.30. The topological polar surface area (TPSA) is 58.9 Å². The minimum atomic E-state index is 0.447. The average Bonchev–Trinajstić information content (AvgIpc) is 2.66. The van der Waals surface area contributed by atoms with Crippen LogP contribution in [0.4, 0.5) is 0 Å². The molecule has 0 amide bonds. The zero-order chi connectivity index (χ0) is 20.5. The van der Waals surface area contributed by atoms with E-state index >= 15 is 0 Å². The second-order valence-electron chi connectivity index (χ2n) is 12.9. The summed E-state index contributed by atoms with van der Waals surface area (Å²) < 4.78 is 0. The predicted molar refractivity (Wildman–Crippen MR) is 114 cm³/mol. The maximum absolute atomic E-state index is 10.7. The van der Waals surface area contributed by atoms with Crippen molar-refractivity contribution in [2.45, 2.75) is 89.9 Å². The lowest BCUT2D eigenvalue weighted by atomic mass is 9.31. The van der Waals surface area contributed by atoms with Crippen LogP contribution in [0.15, 0.2) is 9.98 Å². The molecule has 0 aromatic carbocycles. The van der Waals surface area contributed by atoms with Crippen LogP contribution < -0.4 is 0 Å². The van der Waals surface area contributed by atoms with Crippen LogP contribution in [0.2, 0.25) is 0 Å². The molecule has 4 nitrogen and oxygen atoms in total. The summed E-state index contributed by atoms with van der Waals surface area (Å²) in [7, 11) is 0. The van der Waals surface area contributed by atoms with Crippen molar-refractivity contribution in [3.05, 3.63) is 0 Å². The summed E-state index contributed by atoms with van der Waals surface area (Å²) in [6.45, 7) is 1.37. The van der Waals surface area contributed by atoms with Crippen LogP contribution in [0, 0.1) is 45.3 Å². The molecule has 8 aliphatic rings. The van der Waals surface area contributed by atoms with Crippen molar-refractivity contribution in [3.63, 3.8) is 0 Å². The number of hydrogen-bond donors (Lipinski definition) is 0. The zero-order valence-corrected chi connectivity index (χ0v) is 18.3. The van der Waals surface area contributed by atoms with Crippen LogP contribution in [-0.4, -0.2) is 25.2 Å². The van der Waals surface area contributed by atoms with Crippen LogP contribution in [-0.2, 0) is 9.59 Å². The van der Waals surface area contributed by atoms with Crippen LogP contribution in [0.5, 0.6) is 0 Å². The summed E-state index contributed by atoms with van der Waals surface area (Å²) in [6, 6.07) is 0. The van der Waals surface area contributed by atoms with E-state index in [0.29, 0.717) is 34.7 Å². The van der Waals surface area contributed by atoms with Crippen LogP contribution >= 0.6 is 0 Å². The molecule has 0 heterocycles. The molecule has 4 unspecified atom stereocenters. The van der Waals surface area contributed by atoms with E-state index in [-0.39, 0.29) is 0 Å². The molecule has 4 atom stereocenters. The van der Waals surface area contributed by atoms with Gasteiger partial charge >= 0.3 is 0 Å². The number of rotatable bonds is 7. The monoisotopic (exact) mass is 408 g/mol. The highest BCUT2D eigenvalue weighted by Gasteiger charge is 2.69. The van der Waals surface area contributed by atoms with Gasteiger partial charge in [0.2, 0.25) is 12.2 Å². The third kappa shape index (κ3) is 2.79. The van der Waals surface area contributed by atoms with E-state index in [1.807, 2.05) is 0 Å². The molecule has 8 rings (SSSR count). The van der Waals surface area contributed by atoms with E-state index in [2.05, 4.69) is 9.98 Å². The molecule has 0 aliphatic heterocycles. The smallest absolute Gasteiger partial charge is 0.211 e. The van der Waals surface area contributed by atoms with Crippen LogP contribution in [0.25, 0.3) is 0 Å². The number of carbonyl (C=O) groups excluding carboxylic acids is 2. The molecule has 0 aromatic rings. The highest BCUT2D eigenvalue weighted by molar-refractivity contribution is 5.33. The van der Waals surface area contributed by atoms with E-state index in [1.165, 1.54) is 77.0 Å². The molecule has 162 valence electrons. The summed E-state index contributed by atoms with van der Waals surface area (Å²) in [4.78, 5) is 29.3. The Hall–Kier alpha value is -1.24. The quantitative estimate of drug-likeness (QED) is 0.406. The fourth-order valence-electron chi connectivity index (χ4n) is 11.4. The molecular formula is C26H36N2O2. The fraction of sp³-hybridized carbons (Fsp3) is 0.923. The van der Waals surface area contributed by atoms with E-state index in [9.17, 15) is 9.59 Å². The standard InChI is InChI=1S/C26H36N2O2/c29-17-27-3-1-23-7-19-5-20(8-23)12-25(11-19,15-23)26-13-21-6-22(14-26)10-24(9-21,16-26)2-4-28-18-30/h19-22H,1-16H2. The van der Waals surface area contributed by atoms with E-state index in [0.717, 1.165) is 36.5 Å². The van der Waals surface area contributed by atoms with Crippen molar-refractivity contribution in [2.24, 2.45) is 55.3 Å². The first-order valence-corrected chi connectivity index (χ1v) is 12.6. The molecular weight excluding hydrogens is 372 g/mol. The average molecular weight is 409 g/mol. The van der Waals surface area contributed by atoms with Gasteiger partial charge in [-0.25, -0.2) is 19.6 Å². The van der Waals surface area contributed by atoms with Crippen molar-refractivity contribution in [1.29, 1.82) is 0 Å². The van der Waals surface area contributed by atoms with Crippen LogP contribution in [0.1, 0.15) is 89.9 Å². The van der Waals surface area contributed by atoms with Gasteiger partial charge in [-0.1, -0.05) is 0 Å².